The third kappa shape index (κ3) is 6.92. The first-order valence-electron chi connectivity index (χ1n) is 12.8. The maximum absolute atomic E-state index is 13.7. The molecule has 12 heteroatoms. The van der Waals surface area contributed by atoms with E-state index in [1.165, 1.54) is 23.8 Å². The summed E-state index contributed by atoms with van der Waals surface area (Å²) >= 11 is 2.91. The van der Waals surface area contributed by atoms with Gasteiger partial charge >= 0.3 is 12.0 Å². The second kappa shape index (κ2) is 13.6. The van der Waals surface area contributed by atoms with E-state index in [0.717, 1.165) is 21.4 Å². The molecule has 0 aliphatic carbocycles. The number of para-hydroxylation sites is 1. The van der Waals surface area contributed by atoms with Crippen LogP contribution in [-0.2, 0) is 25.5 Å². The summed E-state index contributed by atoms with van der Waals surface area (Å²) in [5.41, 5.74) is 2.37. The van der Waals surface area contributed by atoms with Gasteiger partial charge in [-0.2, -0.15) is 11.8 Å². The number of thioether (sulfide) groups is 2. The number of likely N-dealkylation sites (tertiary alicyclic amines) is 1. The number of H-pyrrole nitrogens is 1. The molecule has 3 aromatic rings. The molecule has 1 fully saturated rings. The lowest BCUT2D eigenvalue weighted by molar-refractivity contribution is -0.146. The van der Waals surface area contributed by atoms with Crippen LogP contribution in [0.2, 0.25) is 0 Å². The number of aromatic amines is 1. The van der Waals surface area contributed by atoms with Crippen LogP contribution in [0.3, 0.4) is 0 Å². The van der Waals surface area contributed by atoms with Crippen LogP contribution in [0.5, 0.6) is 0 Å². The number of anilines is 1. The van der Waals surface area contributed by atoms with Crippen LogP contribution < -0.4 is 16.0 Å². The molecule has 1 aliphatic rings. The predicted molar refractivity (Wildman–Crippen MR) is 159 cm³/mol. The van der Waals surface area contributed by atoms with Gasteiger partial charge in [0.2, 0.25) is 11.8 Å². The van der Waals surface area contributed by atoms with Crippen molar-refractivity contribution in [1.82, 2.24) is 20.5 Å². The molecule has 0 spiro atoms. The SMILES string of the molecule is COC(=O)[C@@H](Cc1c[nH]c2ccccc12)NC(=O)[C@@H]1[C@@H](NC(=O)Nc2cccc(SC)c2)CCN1C(=O)CSC. The predicted octanol–water partition coefficient (Wildman–Crippen LogP) is 3.24. The summed E-state index contributed by atoms with van der Waals surface area (Å²) in [6.07, 6.45) is 6.14. The Hall–Kier alpha value is -3.64. The second-order valence-electron chi connectivity index (χ2n) is 9.34. The lowest BCUT2D eigenvalue weighted by Gasteiger charge is -2.29. The summed E-state index contributed by atoms with van der Waals surface area (Å²) in [6, 6.07) is 12.0. The zero-order chi connectivity index (χ0) is 28.6. The van der Waals surface area contributed by atoms with E-state index in [-0.39, 0.29) is 18.1 Å². The molecule has 0 bridgehead atoms. The lowest BCUT2D eigenvalue weighted by Crippen LogP contribution is -2.58. The van der Waals surface area contributed by atoms with Gasteiger partial charge < -0.3 is 30.6 Å². The molecule has 4 amide bonds. The van der Waals surface area contributed by atoms with E-state index in [9.17, 15) is 19.2 Å². The molecule has 40 heavy (non-hydrogen) atoms. The maximum Gasteiger partial charge on any atom is 0.328 e. The fraction of sp³-hybridized carbons (Fsp3) is 0.357. The quantitative estimate of drug-likeness (QED) is 0.213. The molecule has 212 valence electrons. The Bertz CT molecular complexity index is 1380. The van der Waals surface area contributed by atoms with Crippen LogP contribution in [0.1, 0.15) is 12.0 Å². The average molecular weight is 584 g/mol. The van der Waals surface area contributed by atoms with Crippen molar-refractivity contribution in [3.8, 4) is 0 Å². The van der Waals surface area contributed by atoms with E-state index >= 15 is 0 Å². The number of urea groups is 1. The number of fused-ring (bicyclic) bond motifs is 1. The van der Waals surface area contributed by atoms with E-state index in [1.54, 1.807) is 24.0 Å². The van der Waals surface area contributed by atoms with Gasteiger partial charge in [-0.1, -0.05) is 24.3 Å². The average Bonchev–Trinajstić information content (AvgIpc) is 3.56. The van der Waals surface area contributed by atoms with Crippen molar-refractivity contribution in [3.05, 3.63) is 60.3 Å². The molecule has 10 nitrogen and oxygen atoms in total. The maximum atomic E-state index is 13.7. The lowest BCUT2D eigenvalue weighted by atomic mass is 10.0. The smallest absolute Gasteiger partial charge is 0.328 e. The number of methoxy groups -OCH3 is 1. The molecule has 0 saturated carbocycles. The van der Waals surface area contributed by atoms with E-state index in [1.807, 2.05) is 55.0 Å². The molecule has 4 rings (SSSR count). The Morgan fingerprint density at radius 2 is 1.93 bits per heavy atom. The zero-order valence-corrected chi connectivity index (χ0v) is 24.2. The Balaban J connectivity index is 1.52. The molecule has 4 N–H and O–H groups in total. The van der Waals surface area contributed by atoms with Crippen molar-refractivity contribution in [2.24, 2.45) is 0 Å². The number of nitrogens with zero attached hydrogens (tertiary/aromatic N) is 1. The molecule has 0 radical (unpaired) electrons. The van der Waals surface area contributed by atoms with E-state index in [2.05, 4.69) is 20.9 Å². The fourth-order valence-corrected chi connectivity index (χ4v) is 5.78. The topological polar surface area (TPSA) is 133 Å². The van der Waals surface area contributed by atoms with Gasteiger partial charge in [0.1, 0.15) is 12.1 Å². The van der Waals surface area contributed by atoms with Gasteiger partial charge in [0.25, 0.3) is 0 Å². The summed E-state index contributed by atoms with van der Waals surface area (Å²) in [4.78, 5) is 57.9. The van der Waals surface area contributed by atoms with Gasteiger partial charge in [0.05, 0.1) is 18.9 Å². The van der Waals surface area contributed by atoms with Crippen molar-refractivity contribution in [2.75, 3.05) is 37.2 Å². The van der Waals surface area contributed by atoms with Gasteiger partial charge in [-0.3, -0.25) is 9.59 Å². The first kappa shape index (κ1) is 29.3. The molecular weight excluding hydrogens is 550 g/mol. The second-order valence-corrected chi connectivity index (χ2v) is 11.1. The fourth-order valence-electron chi connectivity index (χ4n) is 4.90. The molecule has 3 atom stereocenters. The van der Waals surface area contributed by atoms with Gasteiger partial charge in [0, 0.05) is 40.6 Å². The minimum Gasteiger partial charge on any atom is -0.467 e. The number of rotatable bonds is 10. The normalized spacial score (nSPS) is 17.3. The third-order valence-corrected chi connectivity index (χ3v) is 8.06. The summed E-state index contributed by atoms with van der Waals surface area (Å²) < 4.78 is 5.00. The Morgan fingerprint density at radius 1 is 1.12 bits per heavy atom. The van der Waals surface area contributed by atoms with E-state index in [4.69, 9.17) is 4.74 Å². The number of hydrogen-bond donors (Lipinski definition) is 4. The van der Waals surface area contributed by atoms with Gasteiger partial charge in [-0.15, -0.1) is 11.8 Å². The molecule has 2 aromatic carbocycles. The van der Waals surface area contributed by atoms with Crippen LogP contribution in [0.25, 0.3) is 10.9 Å². The Kier molecular flexibility index (Phi) is 9.99. The Labute approximate surface area is 241 Å². The molecule has 1 aromatic heterocycles. The minimum absolute atomic E-state index is 0.193. The van der Waals surface area contributed by atoms with Crippen LogP contribution in [0.4, 0.5) is 10.5 Å². The number of benzene rings is 2. The van der Waals surface area contributed by atoms with Gasteiger partial charge in [-0.05, 0) is 48.8 Å². The first-order chi connectivity index (χ1) is 19.3. The molecule has 1 aliphatic heterocycles. The van der Waals surface area contributed by atoms with Crippen LogP contribution in [-0.4, -0.2) is 83.7 Å². The number of hydrogen-bond acceptors (Lipinski definition) is 7. The Morgan fingerprint density at radius 3 is 2.67 bits per heavy atom. The number of aromatic nitrogens is 1. The number of esters is 1. The van der Waals surface area contributed by atoms with E-state index in [0.29, 0.717) is 18.7 Å². The van der Waals surface area contributed by atoms with Crippen LogP contribution in [0.15, 0.2) is 59.6 Å². The molecule has 1 saturated heterocycles. The molecule has 2 heterocycles. The summed E-state index contributed by atoms with van der Waals surface area (Å²) in [5, 5.41) is 9.42. The monoisotopic (exact) mass is 583 g/mol. The highest BCUT2D eigenvalue weighted by Crippen LogP contribution is 2.23. The zero-order valence-electron chi connectivity index (χ0n) is 22.6. The van der Waals surface area contributed by atoms with Crippen molar-refractivity contribution >= 4 is 63.9 Å². The van der Waals surface area contributed by atoms with Crippen molar-refractivity contribution in [2.45, 2.75) is 35.9 Å². The number of ether oxygens (including phenoxy) is 1. The third-order valence-electron chi connectivity index (χ3n) is 6.80. The van der Waals surface area contributed by atoms with Crippen molar-refractivity contribution in [1.29, 1.82) is 0 Å². The minimum atomic E-state index is -0.988. The van der Waals surface area contributed by atoms with Crippen LogP contribution in [0, 0.1) is 0 Å². The van der Waals surface area contributed by atoms with Crippen molar-refractivity contribution < 1.29 is 23.9 Å². The standard InChI is InChI=1S/C28H33N5O5S2/c1-38-27(36)23(13-17-15-29-21-10-5-4-9-20(17)21)31-26(35)25-22(11-12-33(25)24(34)16-39-2)32-28(37)30-18-7-6-8-19(14-18)40-3/h4-10,14-15,22-23,25,29H,11-13,16H2,1-3H3,(H,31,35)(H2,30,32,37)/t22-,23+,25-/m0/s1. The molecule has 0 unspecified atom stereocenters. The number of amides is 4. The summed E-state index contributed by atoms with van der Waals surface area (Å²) in [5.74, 6) is -1.15. The number of nitrogens with one attached hydrogen (secondary N) is 4. The van der Waals surface area contributed by atoms with Gasteiger partial charge in [0.15, 0.2) is 0 Å². The number of carbonyl (C=O) groups is 4. The highest BCUT2D eigenvalue weighted by atomic mass is 32.2. The largest absolute Gasteiger partial charge is 0.467 e. The van der Waals surface area contributed by atoms with E-state index < -0.39 is 36.0 Å². The number of carbonyl (C=O) groups excluding carboxylic acids is 4. The summed E-state index contributed by atoms with van der Waals surface area (Å²) in [6.45, 7) is 0.301. The van der Waals surface area contributed by atoms with Crippen LogP contribution >= 0.6 is 23.5 Å². The summed E-state index contributed by atoms with van der Waals surface area (Å²) in [7, 11) is 1.27. The van der Waals surface area contributed by atoms with Crippen molar-refractivity contribution in [3.63, 3.8) is 0 Å². The van der Waals surface area contributed by atoms with Gasteiger partial charge in [-0.25, -0.2) is 9.59 Å². The highest BCUT2D eigenvalue weighted by Gasteiger charge is 2.43. The molecular formula is C28H33N5O5S2. The highest BCUT2D eigenvalue weighted by molar-refractivity contribution is 7.99. The first-order valence-corrected chi connectivity index (χ1v) is 15.4.